The Morgan fingerprint density at radius 2 is 1.55 bits per heavy atom. The van der Waals surface area contributed by atoms with Crippen molar-refractivity contribution in [3.63, 3.8) is 0 Å². The zero-order valence-corrected chi connectivity index (χ0v) is 19.6. The normalized spacial score (nSPS) is 20.4. The first-order valence-corrected chi connectivity index (χ1v) is 12.3. The maximum atomic E-state index is 15.4. The molecule has 2 aromatic carbocycles. The van der Waals surface area contributed by atoms with Crippen molar-refractivity contribution in [1.82, 2.24) is 9.80 Å². The van der Waals surface area contributed by atoms with Crippen LogP contribution in [0.3, 0.4) is 0 Å². The van der Waals surface area contributed by atoms with E-state index in [2.05, 4.69) is 63.2 Å². The molecule has 2 atom stereocenters. The highest BCUT2D eigenvalue weighted by molar-refractivity contribution is 5.75. The molecule has 0 bridgehead atoms. The van der Waals surface area contributed by atoms with Crippen molar-refractivity contribution in [3.8, 4) is 0 Å². The number of piperazine rings is 1. The number of rotatable bonds is 8. The fraction of sp³-hybridized carbons (Fsp3) is 0.519. The second kappa shape index (κ2) is 11.6. The van der Waals surface area contributed by atoms with Crippen LogP contribution in [-0.2, 0) is 9.53 Å². The van der Waals surface area contributed by atoms with Gasteiger partial charge in [-0.2, -0.15) is 0 Å². The number of hydrogen-bond donors (Lipinski definition) is 0. The number of likely N-dealkylation sites (tertiary alicyclic amines) is 1. The molecule has 178 valence electrons. The van der Waals surface area contributed by atoms with E-state index in [0.717, 1.165) is 52.1 Å². The van der Waals surface area contributed by atoms with Gasteiger partial charge < -0.3 is 9.64 Å². The van der Waals surface area contributed by atoms with Crippen LogP contribution in [0.2, 0.25) is 0 Å². The van der Waals surface area contributed by atoms with Gasteiger partial charge in [-0.1, -0.05) is 48.5 Å². The van der Waals surface area contributed by atoms with Crippen LogP contribution in [-0.4, -0.2) is 80.4 Å². The molecule has 0 unspecified atom stereocenters. The standard InChI is InChI=1S/C27H36FN3O2/c1-2-33-27(32)26(28)25(31-15-13-23(14-16-31)22-9-5-3-6-10-22)21-29-17-19-30(20-18-29)24-11-7-4-8-12-24/h3-12,23,25-26H,2,13-21H2,1H3/t25-,26+/m0/s1. The van der Waals surface area contributed by atoms with E-state index in [4.69, 9.17) is 4.74 Å². The number of halogens is 1. The predicted octanol–water partition coefficient (Wildman–Crippen LogP) is 3.96. The second-order valence-corrected chi connectivity index (χ2v) is 9.07. The summed E-state index contributed by atoms with van der Waals surface area (Å²) in [6, 6.07) is 20.5. The SMILES string of the molecule is CCOC(=O)[C@H](F)[C@H](CN1CCN(c2ccccc2)CC1)N1CCC(c2ccccc2)CC1. The Kier molecular flexibility index (Phi) is 8.35. The quantitative estimate of drug-likeness (QED) is 0.566. The number of para-hydroxylation sites is 1. The first-order chi connectivity index (χ1) is 16.2. The number of carbonyl (C=O) groups excluding carboxylic acids is 1. The van der Waals surface area contributed by atoms with E-state index in [-0.39, 0.29) is 6.61 Å². The van der Waals surface area contributed by atoms with Crippen LogP contribution in [0.25, 0.3) is 0 Å². The first-order valence-electron chi connectivity index (χ1n) is 12.3. The fourth-order valence-electron chi connectivity index (χ4n) is 5.15. The Morgan fingerprint density at radius 3 is 2.15 bits per heavy atom. The molecule has 2 aromatic rings. The van der Waals surface area contributed by atoms with Gasteiger partial charge in [-0.25, -0.2) is 9.18 Å². The van der Waals surface area contributed by atoms with Gasteiger partial charge in [0.05, 0.1) is 12.6 Å². The molecule has 33 heavy (non-hydrogen) atoms. The van der Waals surface area contributed by atoms with Gasteiger partial charge in [0.2, 0.25) is 6.17 Å². The van der Waals surface area contributed by atoms with Gasteiger partial charge in [0.15, 0.2) is 0 Å². The molecule has 4 rings (SSSR count). The third kappa shape index (κ3) is 6.12. The van der Waals surface area contributed by atoms with Crippen LogP contribution in [0.15, 0.2) is 60.7 Å². The molecule has 0 aliphatic carbocycles. The van der Waals surface area contributed by atoms with Crippen molar-refractivity contribution in [2.45, 2.75) is 37.9 Å². The number of anilines is 1. The van der Waals surface area contributed by atoms with Gasteiger partial charge >= 0.3 is 5.97 Å². The minimum atomic E-state index is -1.62. The highest BCUT2D eigenvalue weighted by Gasteiger charge is 2.37. The number of piperidine rings is 1. The highest BCUT2D eigenvalue weighted by atomic mass is 19.1. The van der Waals surface area contributed by atoms with Crippen molar-refractivity contribution in [2.24, 2.45) is 0 Å². The van der Waals surface area contributed by atoms with Crippen molar-refractivity contribution in [2.75, 3.05) is 57.3 Å². The zero-order valence-electron chi connectivity index (χ0n) is 19.6. The topological polar surface area (TPSA) is 36.0 Å². The zero-order chi connectivity index (χ0) is 23.0. The van der Waals surface area contributed by atoms with E-state index in [1.807, 2.05) is 12.1 Å². The number of esters is 1. The summed E-state index contributed by atoms with van der Waals surface area (Å²) in [5.74, 6) is -0.228. The average Bonchev–Trinajstić information content (AvgIpc) is 2.88. The molecular formula is C27H36FN3O2. The van der Waals surface area contributed by atoms with E-state index in [0.29, 0.717) is 12.5 Å². The molecule has 0 radical (unpaired) electrons. The summed E-state index contributed by atoms with van der Waals surface area (Å²) in [6.07, 6.45) is 0.348. The van der Waals surface area contributed by atoms with E-state index in [9.17, 15) is 4.79 Å². The molecular weight excluding hydrogens is 417 g/mol. The van der Waals surface area contributed by atoms with E-state index >= 15 is 4.39 Å². The van der Waals surface area contributed by atoms with Crippen LogP contribution in [0.4, 0.5) is 10.1 Å². The summed E-state index contributed by atoms with van der Waals surface area (Å²) in [5, 5.41) is 0. The lowest BCUT2D eigenvalue weighted by Gasteiger charge is -2.42. The van der Waals surface area contributed by atoms with Gasteiger partial charge in [0, 0.05) is 38.4 Å². The van der Waals surface area contributed by atoms with Gasteiger partial charge in [0.25, 0.3) is 0 Å². The number of carbonyl (C=O) groups is 1. The van der Waals surface area contributed by atoms with Crippen LogP contribution in [0.5, 0.6) is 0 Å². The Morgan fingerprint density at radius 1 is 0.939 bits per heavy atom. The fourth-order valence-corrected chi connectivity index (χ4v) is 5.15. The molecule has 2 fully saturated rings. The third-order valence-corrected chi connectivity index (χ3v) is 7.06. The van der Waals surface area contributed by atoms with E-state index in [1.165, 1.54) is 11.3 Å². The van der Waals surface area contributed by atoms with Crippen LogP contribution >= 0.6 is 0 Å². The summed E-state index contributed by atoms with van der Waals surface area (Å²) in [7, 11) is 0. The largest absolute Gasteiger partial charge is 0.464 e. The van der Waals surface area contributed by atoms with Crippen LogP contribution in [0, 0.1) is 0 Å². The lowest BCUT2D eigenvalue weighted by molar-refractivity contribution is -0.152. The summed E-state index contributed by atoms with van der Waals surface area (Å²) < 4.78 is 20.5. The second-order valence-electron chi connectivity index (χ2n) is 9.07. The molecule has 2 heterocycles. The minimum absolute atomic E-state index is 0.206. The molecule has 0 amide bonds. The Hall–Kier alpha value is -2.44. The lowest BCUT2D eigenvalue weighted by Crippen LogP contribution is -2.57. The Labute approximate surface area is 197 Å². The number of nitrogens with zero attached hydrogens (tertiary/aromatic N) is 3. The summed E-state index contributed by atoms with van der Waals surface area (Å²) >= 11 is 0. The molecule has 6 heteroatoms. The lowest BCUT2D eigenvalue weighted by atomic mass is 9.88. The molecule has 5 nitrogen and oxygen atoms in total. The molecule has 2 aliphatic heterocycles. The number of alkyl halides is 1. The average molecular weight is 454 g/mol. The van der Waals surface area contributed by atoms with Crippen molar-refractivity contribution < 1.29 is 13.9 Å². The molecule has 2 aliphatic rings. The van der Waals surface area contributed by atoms with Gasteiger partial charge in [-0.3, -0.25) is 9.80 Å². The summed E-state index contributed by atoms with van der Waals surface area (Å²) in [5.41, 5.74) is 2.58. The van der Waals surface area contributed by atoms with Crippen molar-refractivity contribution >= 4 is 11.7 Å². The van der Waals surface area contributed by atoms with E-state index in [1.54, 1.807) is 6.92 Å². The number of ether oxygens (including phenoxy) is 1. The molecule has 0 spiro atoms. The Bertz CT molecular complexity index is 850. The Balaban J connectivity index is 1.38. The minimum Gasteiger partial charge on any atom is -0.464 e. The first kappa shape index (κ1) is 23.7. The van der Waals surface area contributed by atoms with Gasteiger partial charge in [-0.05, 0) is 56.5 Å². The van der Waals surface area contributed by atoms with Crippen LogP contribution < -0.4 is 4.90 Å². The summed E-state index contributed by atoms with van der Waals surface area (Å²) in [6.45, 7) is 7.63. The van der Waals surface area contributed by atoms with Crippen molar-refractivity contribution in [3.05, 3.63) is 66.2 Å². The van der Waals surface area contributed by atoms with E-state index < -0.39 is 18.2 Å². The summed E-state index contributed by atoms with van der Waals surface area (Å²) in [4.78, 5) is 19.2. The van der Waals surface area contributed by atoms with Gasteiger partial charge in [0.1, 0.15) is 0 Å². The third-order valence-electron chi connectivity index (χ3n) is 7.06. The number of benzene rings is 2. The van der Waals surface area contributed by atoms with Gasteiger partial charge in [-0.15, -0.1) is 0 Å². The maximum absolute atomic E-state index is 15.4. The monoisotopic (exact) mass is 453 g/mol. The van der Waals surface area contributed by atoms with Crippen molar-refractivity contribution in [1.29, 1.82) is 0 Å². The highest BCUT2D eigenvalue weighted by Crippen LogP contribution is 2.30. The molecule has 2 saturated heterocycles. The smallest absolute Gasteiger partial charge is 0.342 e. The number of hydrogen-bond acceptors (Lipinski definition) is 5. The predicted molar refractivity (Wildman–Crippen MR) is 130 cm³/mol. The molecule has 0 aromatic heterocycles. The van der Waals surface area contributed by atoms with Crippen LogP contribution in [0.1, 0.15) is 31.2 Å². The molecule has 0 saturated carbocycles. The molecule has 0 N–H and O–H groups in total. The maximum Gasteiger partial charge on any atom is 0.342 e.